The van der Waals surface area contributed by atoms with E-state index in [1.54, 1.807) is 6.20 Å². The Morgan fingerprint density at radius 3 is 2.00 bits per heavy atom. The second kappa shape index (κ2) is 9.80. The van der Waals surface area contributed by atoms with Crippen molar-refractivity contribution in [1.82, 2.24) is 19.9 Å². The van der Waals surface area contributed by atoms with E-state index in [-0.39, 0.29) is 10.8 Å². The fourth-order valence-corrected chi connectivity index (χ4v) is 8.34. The molecule has 0 fully saturated rings. The van der Waals surface area contributed by atoms with E-state index in [0.717, 1.165) is 33.1 Å². The van der Waals surface area contributed by atoms with Crippen LogP contribution in [-0.2, 0) is 10.8 Å². The molecule has 0 spiro atoms. The summed E-state index contributed by atoms with van der Waals surface area (Å²) >= 11 is 0. The van der Waals surface area contributed by atoms with E-state index in [1.165, 1.54) is 44.5 Å². The third kappa shape index (κ3) is 3.87. The van der Waals surface area contributed by atoms with E-state index in [1.807, 2.05) is 24.3 Å². The molecule has 0 amide bonds. The van der Waals surface area contributed by atoms with Crippen LogP contribution in [0, 0.1) is 0 Å². The summed E-state index contributed by atoms with van der Waals surface area (Å²) in [6.07, 6.45) is 1.77. The first-order valence-corrected chi connectivity index (χ1v) is 16.8. The Hall–Kier alpha value is -5.94. The zero-order valence-electron chi connectivity index (χ0n) is 27.7. The summed E-state index contributed by atoms with van der Waals surface area (Å²) in [6, 6.07) is 40.4. The number of nitrogens with zero attached hydrogens (tertiary/aromatic N) is 4. The van der Waals surface area contributed by atoms with Crippen molar-refractivity contribution in [1.29, 1.82) is 0 Å². The van der Waals surface area contributed by atoms with Crippen molar-refractivity contribution < 1.29 is 4.42 Å². The molecule has 8 aromatic rings. The Kier molecular flexibility index (Phi) is 5.62. The molecule has 3 aromatic heterocycles. The summed E-state index contributed by atoms with van der Waals surface area (Å²) in [6.45, 7) is 9.19. The fraction of sp³-hybridized carbons (Fsp3) is 0.136. The normalized spacial score (nSPS) is 14.9. The van der Waals surface area contributed by atoms with E-state index >= 15 is 0 Å². The van der Waals surface area contributed by atoms with Crippen molar-refractivity contribution in [3.05, 3.63) is 144 Å². The third-order valence-electron chi connectivity index (χ3n) is 10.8. The number of hydrogen-bond donors (Lipinski definition) is 0. The minimum absolute atomic E-state index is 0.103. The Morgan fingerprint density at radius 1 is 0.510 bits per heavy atom. The summed E-state index contributed by atoms with van der Waals surface area (Å²) in [5.74, 6) is 1.67. The predicted molar refractivity (Wildman–Crippen MR) is 196 cm³/mol. The topological polar surface area (TPSA) is 64.7 Å². The average Bonchev–Trinajstić information content (AvgIpc) is 3.71. The van der Waals surface area contributed by atoms with Gasteiger partial charge >= 0.3 is 0 Å². The molecule has 5 nitrogen and oxygen atoms in total. The molecule has 10 rings (SSSR count). The van der Waals surface area contributed by atoms with Gasteiger partial charge in [-0.1, -0.05) is 113 Å². The quantitative estimate of drug-likeness (QED) is 0.194. The zero-order chi connectivity index (χ0) is 33.1. The molecule has 0 saturated heterocycles. The highest BCUT2D eigenvalue weighted by Gasteiger charge is 2.38. The molecule has 49 heavy (non-hydrogen) atoms. The van der Waals surface area contributed by atoms with Gasteiger partial charge in [-0.3, -0.25) is 4.98 Å². The lowest BCUT2D eigenvalue weighted by Crippen LogP contribution is -2.15. The van der Waals surface area contributed by atoms with Gasteiger partial charge in [-0.15, -0.1) is 0 Å². The third-order valence-corrected chi connectivity index (χ3v) is 10.8. The molecule has 2 aliphatic rings. The summed E-state index contributed by atoms with van der Waals surface area (Å²) in [7, 11) is 0. The van der Waals surface area contributed by atoms with Gasteiger partial charge in [0, 0.05) is 33.4 Å². The van der Waals surface area contributed by atoms with Crippen molar-refractivity contribution in [2.75, 3.05) is 0 Å². The van der Waals surface area contributed by atoms with Gasteiger partial charge in [-0.05, 0) is 74.8 Å². The number of rotatable bonds is 3. The van der Waals surface area contributed by atoms with Crippen LogP contribution in [0.4, 0.5) is 0 Å². The molecule has 5 aromatic carbocycles. The molecule has 3 heterocycles. The molecule has 5 heteroatoms. The minimum atomic E-state index is -0.144. The smallest absolute Gasteiger partial charge is 0.182 e. The molecule has 0 aliphatic heterocycles. The lowest BCUT2D eigenvalue weighted by molar-refractivity contribution is 0.657. The number of furan rings is 1. The second-order valence-corrected chi connectivity index (χ2v) is 14.3. The molecule has 0 atom stereocenters. The molecule has 0 unspecified atom stereocenters. The standard InChI is InChI=1S/C44H32N4O/c1-43(2)32-17-8-6-13-28(32)37-33(43)21-22-36-38(37)29-14-11-15-30(39(29)49-36)41-46-40(47-42(48-41)35-18-9-10-23-45-35)25-19-20-27-26-12-5-7-16-31(26)44(3,4)34(27)24-25/h5-24H,1-4H3. The maximum absolute atomic E-state index is 6.75. The maximum Gasteiger partial charge on any atom is 0.182 e. The first-order valence-electron chi connectivity index (χ1n) is 16.8. The van der Waals surface area contributed by atoms with Crippen LogP contribution in [-0.4, -0.2) is 19.9 Å². The summed E-state index contributed by atoms with van der Waals surface area (Å²) in [5.41, 5.74) is 14.1. The summed E-state index contributed by atoms with van der Waals surface area (Å²) in [4.78, 5) is 19.8. The van der Waals surface area contributed by atoms with Crippen molar-refractivity contribution in [2.24, 2.45) is 0 Å². The monoisotopic (exact) mass is 632 g/mol. The Morgan fingerprint density at radius 2 is 1.18 bits per heavy atom. The second-order valence-electron chi connectivity index (χ2n) is 14.3. The summed E-state index contributed by atoms with van der Waals surface area (Å²) < 4.78 is 6.75. The van der Waals surface area contributed by atoms with Crippen LogP contribution in [0.5, 0.6) is 0 Å². The number of benzene rings is 5. The van der Waals surface area contributed by atoms with Crippen LogP contribution >= 0.6 is 0 Å². The number of fused-ring (bicyclic) bond motifs is 10. The molecule has 0 radical (unpaired) electrons. The highest BCUT2D eigenvalue weighted by Crippen LogP contribution is 2.53. The first-order chi connectivity index (χ1) is 23.8. The predicted octanol–water partition coefficient (Wildman–Crippen LogP) is 10.8. The molecule has 0 saturated carbocycles. The molecular formula is C44H32N4O. The Bertz CT molecular complexity index is 2670. The lowest BCUT2D eigenvalue weighted by Gasteiger charge is -2.21. The van der Waals surface area contributed by atoms with Gasteiger partial charge < -0.3 is 4.42 Å². The SMILES string of the molecule is CC1(C)c2ccccc2-c2ccc(-c3nc(-c4ccccn4)nc(-c4cccc5c4oc4ccc6c(c45)-c4ccccc4C6(C)C)n3)cc21. The maximum atomic E-state index is 6.75. The Balaban J connectivity index is 1.20. The van der Waals surface area contributed by atoms with Gasteiger partial charge in [0.2, 0.25) is 0 Å². The largest absolute Gasteiger partial charge is 0.455 e. The lowest BCUT2D eigenvalue weighted by atomic mass is 9.82. The van der Waals surface area contributed by atoms with E-state index in [9.17, 15) is 0 Å². The van der Waals surface area contributed by atoms with Crippen molar-refractivity contribution >= 4 is 21.9 Å². The van der Waals surface area contributed by atoms with E-state index < -0.39 is 0 Å². The van der Waals surface area contributed by atoms with Gasteiger partial charge in [0.15, 0.2) is 17.5 Å². The first kappa shape index (κ1) is 28.1. The zero-order valence-corrected chi connectivity index (χ0v) is 27.7. The van der Waals surface area contributed by atoms with Crippen molar-refractivity contribution in [3.8, 4) is 56.5 Å². The molecule has 2 aliphatic carbocycles. The molecular weight excluding hydrogens is 601 g/mol. The van der Waals surface area contributed by atoms with Crippen LogP contribution in [0.2, 0.25) is 0 Å². The number of hydrogen-bond acceptors (Lipinski definition) is 5. The van der Waals surface area contributed by atoms with Gasteiger partial charge in [0.25, 0.3) is 0 Å². The minimum Gasteiger partial charge on any atom is -0.455 e. The van der Waals surface area contributed by atoms with Gasteiger partial charge in [0.05, 0.1) is 5.56 Å². The van der Waals surface area contributed by atoms with Crippen LogP contribution in [0.15, 0.2) is 126 Å². The van der Waals surface area contributed by atoms with Crippen LogP contribution in [0.25, 0.3) is 78.5 Å². The number of aromatic nitrogens is 4. The van der Waals surface area contributed by atoms with Crippen LogP contribution < -0.4 is 0 Å². The number of pyridine rings is 1. The van der Waals surface area contributed by atoms with Crippen LogP contribution in [0.3, 0.4) is 0 Å². The molecule has 0 bridgehead atoms. The van der Waals surface area contributed by atoms with Gasteiger partial charge in [-0.2, -0.15) is 0 Å². The average molecular weight is 633 g/mol. The van der Waals surface area contributed by atoms with Gasteiger partial charge in [0.1, 0.15) is 16.9 Å². The highest BCUT2D eigenvalue weighted by atomic mass is 16.3. The van der Waals surface area contributed by atoms with E-state index in [4.69, 9.17) is 19.4 Å². The van der Waals surface area contributed by atoms with E-state index in [2.05, 4.69) is 124 Å². The van der Waals surface area contributed by atoms with E-state index in [0.29, 0.717) is 23.2 Å². The highest BCUT2D eigenvalue weighted by molar-refractivity contribution is 6.17. The fourth-order valence-electron chi connectivity index (χ4n) is 8.34. The number of para-hydroxylation sites is 1. The van der Waals surface area contributed by atoms with Crippen molar-refractivity contribution in [3.63, 3.8) is 0 Å². The summed E-state index contributed by atoms with van der Waals surface area (Å²) in [5, 5.41) is 2.18. The molecule has 0 N–H and O–H groups in total. The van der Waals surface area contributed by atoms with Crippen molar-refractivity contribution in [2.45, 2.75) is 38.5 Å². The Labute approximate surface area is 284 Å². The van der Waals surface area contributed by atoms with Gasteiger partial charge in [-0.25, -0.2) is 15.0 Å². The van der Waals surface area contributed by atoms with Crippen LogP contribution in [0.1, 0.15) is 49.9 Å². The molecule has 234 valence electrons.